The Balaban J connectivity index is 2.32. The van der Waals surface area contributed by atoms with Crippen molar-refractivity contribution >= 4 is 32.2 Å². The van der Waals surface area contributed by atoms with Crippen LogP contribution in [-0.4, -0.2) is 15.7 Å². The smallest absolute Gasteiger partial charge is 0.0966 e. The van der Waals surface area contributed by atoms with Gasteiger partial charge in [0.2, 0.25) is 0 Å². The maximum Gasteiger partial charge on any atom is 0.113 e. The van der Waals surface area contributed by atoms with Gasteiger partial charge in [0.15, 0.2) is 0 Å². The standard InChI is InChI=1S/C14H10B2/c1-10(11-2-6-13(15)7-3-11)12-4-8-14(16)9-5-12/h2-9H,1H2. The first-order valence-electron chi connectivity index (χ1n) is 5.07. The Morgan fingerprint density at radius 2 is 1.00 bits per heavy atom. The van der Waals surface area contributed by atoms with E-state index < -0.39 is 0 Å². The highest BCUT2D eigenvalue weighted by Crippen LogP contribution is 2.19. The van der Waals surface area contributed by atoms with Crippen molar-refractivity contribution in [2.45, 2.75) is 0 Å². The summed E-state index contributed by atoms with van der Waals surface area (Å²) in [4.78, 5) is 0. The molecule has 2 aromatic rings. The zero-order valence-electron chi connectivity index (χ0n) is 8.98. The van der Waals surface area contributed by atoms with Gasteiger partial charge in [0.1, 0.15) is 15.7 Å². The molecule has 0 atom stereocenters. The molecule has 4 radical (unpaired) electrons. The van der Waals surface area contributed by atoms with E-state index >= 15 is 0 Å². The molecular weight excluding hydrogens is 190 g/mol. The van der Waals surface area contributed by atoms with Crippen molar-refractivity contribution in [1.82, 2.24) is 0 Å². The third kappa shape index (κ3) is 2.27. The fourth-order valence-corrected chi connectivity index (χ4v) is 1.54. The zero-order chi connectivity index (χ0) is 11.5. The van der Waals surface area contributed by atoms with Crippen molar-refractivity contribution in [3.05, 3.63) is 66.2 Å². The highest BCUT2D eigenvalue weighted by Gasteiger charge is 2.01. The molecule has 0 saturated heterocycles. The van der Waals surface area contributed by atoms with Crippen LogP contribution in [0.5, 0.6) is 0 Å². The van der Waals surface area contributed by atoms with Gasteiger partial charge >= 0.3 is 0 Å². The summed E-state index contributed by atoms with van der Waals surface area (Å²) in [5, 5.41) is 0. The summed E-state index contributed by atoms with van der Waals surface area (Å²) >= 11 is 0. The van der Waals surface area contributed by atoms with Crippen molar-refractivity contribution < 1.29 is 0 Å². The molecule has 0 spiro atoms. The summed E-state index contributed by atoms with van der Waals surface area (Å²) in [6.45, 7) is 4.07. The van der Waals surface area contributed by atoms with Gasteiger partial charge in [-0.25, -0.2) is 0 Å². The average Bonchev–Trinajstić information content (AvgIpc) is 2.30. The molecule has 0 N–H and O–H groups in total. The Morgan fingerprint density at radius 1 is 0.688 bits per heavy atom. The molecular formula is C14H10B2. The van der Waals surface area contributed by atoms with Crippen LogP contribution in [0.15, 0.2) is 55.1 Å². The first-order valence-corrected chi connectivity index (χ1v) is 5.07. The van der Waals surface area contributed by atoms with Crippen molar-refractivity contribution in [2.24, 2.45) is 0 Å². The molecule has 2 heteroatoms. The summed E-state index contributed by atoms with van der Waals surface area (Å²) in [5.74, 6) is 0. The molecule has 72 valence electrons. The number of hydrogen-bond donors (Lipinski definition) is 0. The summed E-state index contributed by atoms with van der Waals surface area (Å²) in [5.41, 5.74) is 4.63. The zero-order valence-corrected chi connectivity index (χ0v) is 8.98. The molecule has 0 aliphatic carbocycles. The number of benzene rings is 2. The van der Waals surface area contributed by atoms with E-state index in [2.05, 4.69) is 6.58 Å². The van der Waals surface area contributed by atoms with Crippen LogP contribution in [0.3, 0.4) is 0 Å². The first kappa shape index (κ1) is 10.8. The Kier molecular flexibility index (Phi) is 3.00. The summed E-state index contributed by atoms with van der Waals surface area (Å²) < 4.78 is 0. The topological polar surface area (TPSA) is 0 Å². The molecule has 0 bridgehead atoms. The third-order valence-electron chi connectivity index (χ3n) is 2.52. The lowest BCUT2D eigenvalue weighted by atomic mass is 9.90. The molecule has 0 unspecified atom stereocenters. The van der Waals surface area contributed by atoms with Crippen LogP contribution < -0.4 is 10.9 Å². The first-order chi connectivity index (χ1) is 7.66. The van der Waals surface area contributed by atoms with Crippen LogP contribution in [0.25, 0.3) is 5.57 Å². The Morgan fingerprint density at radius 3 is 1.31 bits per heavy atom. The third-order valence-corrected chi connectivity index (χ3v) is 2.52. The van der Waals surface area contributed by atoms with Gasteiger partial charge in [-0.3, -0.25) is 0 Å². The molecule has 0 saturated carbocycles. The maximum absolute atomic E-state index is 5.64. The van der Waals surface area contributed by atoms with Gasteiger partial charge < -0.3 is 0 Å². The summed E-state index contributed by atoms with van der Waals surface area (Å²) in [6, 6.07) is 15.4. The second kappa shape index (κ2) is 4.44. The Hall–Kier alpha value is -1.69. The van der Waals surface area contributed by atoms with Gasteiger partial charge in [0.05, 0.1) is 0 Å². The fourth-order valence-electron chi connectivity index (χ4n) is 1.54. The monoisotopic (exact) mass is 200 g/mol. The quantitative estimate of drug-likeness (QED) is 0.641. The predicted octanol–water partition coefficient (Wildman–Crippen LogP) is 1.34. The van der Waals surface area contributed by atoms with Crippen LogP contribution in [0.4, 0.5) is 0 Å². The van der Waals surface area contributed by atoms with Gasteiger partial charge in [0.25, 0.3) is 0 Å². The van der Waals surface area contributed by atoms with Crippen LogP contribution in [0, 0.1) is 0 Å². The molecule has 0 aliphatic heterocycles. The summed E-state index contributed by atoms with van der Waals surface area (Å²) in [7, 11) is 11.3. The minimum absolute atomic E-state index is 0.758. The van der Waals surface area contributed by atoms with E-state index in [1.54, 1.807) is 0 Å². The fraction of sp³-hybridized carbons (Fsp3) is 0. The molecule has 0 fully saturated rings. The molecule has 0 aromatic heterocycles. The highest BCUT2D eigenvalue weighted by atomic mass is 14.0. The van der Waals surface area contributed by atoms with E-state index in [1.165, 1.54) is 0 Å². The Bertz CT molecular complexity index is 448. The summed E-state index contributed by atoms with van der Waals surface area (Å²) in [6.07, 6.45) is 0. The van der Waals surface area contributed by atoms with E-state index in [1.807, 2.05) is 48.5 Å². The second-order valence-corrected chi connectivity index (χ2v) is 3.72. The molecule has 16 heavy (non-hydrogen) atoms. The largest absolute Gasteiger partial charge is 0.113 e. The van der Waals surface area contributed by atoms with Gasteiger partial charge in [-0.1, -0.05) is 66.0 Å². The van der Waals surface area contributed by atoms with Gasteiger partial charge in [-0.05, 0) is 16.7 Å². The minimum Gasteiger partial charge on any atom is -0.0966 e. The van der Waals surface area contributed by atoms with Crippen molar-refractivity contribution in [3.63, 3.8) is 0 Å². The van der Waals surface area contributed by atoms with E-state index in [0.717, 1.165) is 27.6 Å². The minimum atomic E-state index is 0.758. The molecule has 0 nitrogen and oxygen atoms in total. The van der Waals surface area contributed by atoms with Crippen LogP contribution in [0.1, 0.15) is 11.1 Å². The van der Waals surface area contributed by atoms with E-state index in [4.69, 9.17) is 15.7 Å². The maximum atomic E-state index is 5.64. The lowest BCUT2D eigenvalue weighted by Gasteiger charge is -2.07. The molecule has 0 heterocycles. The highest BCUT2D eigenvalue weighted by molar-refractivity contribution is 6.32. The normalized spacial score (nSPS) is 10.0. The van der Waals surface area contributed by atoms with E-state index in [9.17, 15) is 0 Å². The van der Waals surface area contributed by atoms with Crippen LogP contribution in [-0.2, 0) is 0 Å². The predicted molar refractivity (Wildman–Crippen MR) is 71.8 cm³/mol. The average molecular weight is 200 g/mol. The lowest BCUT2D eigenvalue weighted by Crippen LogP contribution is -2.02. The molecule has 2 aromatic carbocycles. The van der Waals surface area contributed by atoms with Gasteiger partial charge in [-0.2, -0.15) is 0 Å². The van der Waals surface area contributed by atoms with Crippen molar-refractivity contribution in [1.29, 1.82) is 0 Å². The van der Waals surface area contributed by atoms with E-state index in [-0.39, 0.29) is 0 Å². The number of hydrogen-bond acceptors (Lipinski definition) is 0. The lowest BCUT2D eigenvalue weighted by molar-refractivity contribution is 1.58. The van der Waals surface area contributed by atoms with Gasteiger partial charge in [-0.15, -0.1) is 0 Å². The molecule has 0 amide bonds. The van der Waals surface area contributed by atoms with Crippen LogP contribution in [0.2, 0.25) is 0 Å². The second-order valence-electron chi connectivity index (χ2n) is 3.72. The van der Waals surface area contributed by atoms with E-state index in [0.29, 0.717) is 0 Å². The van der Waals surface area contributed by atoms with Crippen molar-refractivity contribution in [2.75, 3.05) is 0 Å². The SMILES string of the molecule is [B]c1ccc(C(=C)c2ccc([B])cc2)cc1. The van der Waals surface area contributed by atoms with Crippen molar-refractivity contribution in [3.8, 4) is 0 Å². The molecule has 0 aliphatic rings. The number of rotatable bonds is 2. The Labute approximate surface area is 98.8 Å². The van der Waals surface area contributed by atoms with Crippen LogP contribution >= 0.6 is 0 Å². The van der Waals surface area contributed by atoms with Gasteiger partial charge in [0, 0.05) is 0 Å². The molecule has 2 rings (SSSR count).